The monoisotopic (exact) mass is 380 g/mol. The van der Waals surface area contributed by atoms with Crippen LogP contribution in [0.25, 0.3) is 0 Å². The van der Waals surface area contributed by atoms with E-state index in [1.54, 1.807) is 6.07 Å². The molecule has 27 heavy (non-hydrogen) atoms. The lowest BCUT2D eigenvalue weighted by atomic mass is 10.0. The van der Waals surface area contributed by atoms with Gasteiger partial charge in [-0.2, -0.15) is 23.5 Å². The minimum Gasteiger partial charge on any atom is -0.493 e. The lowest BCUT2D eigenvalue weighted by Crippen LogP contribution is -2.19. The number of aryl methyl sites for hydroxylation is 1. The Labute approximate surface area is 154 Å². The molecule has 0 fully saturated rings. The average molecular weight is 380 g/mol. The van der Waals surface area contributed by atoms with Gasteiger partial charge in [-0.15, -0.1) is 5.10 Å². The molecule has 1 aromatic carbocycles. The van der Waals surface area contributed by atoms with Gasteiger partial charge in [0.05, 0.1) is 12.8 Å². The maximum Gasteiger partial charge on any atom is 0.422 e. The van der Waals surface area contributed by atoms with E-state index in [-0.39, 0.29) is 17.3 Å². The van der Waals surface area contributed by atoms with Crippen LogP contribution in [0.3, 0.4) is 0 Å². The van der Waals surface area contributed by atoms with Crippen LogP contribution in [-0.2, 0) is 12.8 Å². The number of hydrogen-bond donors (Lipinski definition) is 1. The zero-order chi connectivity index (χ0) is 20.0. The van der Waals surface area contributed by atoms with Crippen molar-refractivity contribution in [1.29, 1.82) is 5.26 Å². The van der Waals surface area contributed by atoms with Crippen molar-refractivity contribution < 1.29 is 22.6 Å². The lowest BCUT2D eigenvalue weighted by Gasteiger charge is -2.15. The summed E-state index contributed by atoms with van der Waals surface area (Å²) in [6.07, 6.45) is -3.22. The van der Waals surface area contributed by atoms with Crippen molar-refractivity contribution >= 4 is 11.5 Å². The number of alkyl halides is 3. The number of rotatable bonds is 7. The number of aromatic nitrogens is 2. The fourth-order valence-electron chi connectivity index (χ4n) is 2.54. The Hall–Kier alpha value is -3.02. The normalized spacial score (nSPS) is 11.0. The minimum absolute atomic E-state index is 0.0767. The molecule has 0 unspecified atom stereocenters. The van der Waals surface area contributed by atoms with E-state index in [9.17, 15) is 18.4 Å². The van der Waals surface area contributed by atoms with Crippen LogP contribution >= 0.6 is 0 Å². The SMILES string of the molecule is CCc1nnc(Nc2ccc(OC)c(OCC(F)(F)F)c2)c(C#N)c1CC. The molecule has 6 nitrogen and oxygen atoms in total. The van der Waals surface area contributed by atoms with Gasteiger partial charge in [0.2, 0.25) is 0 Å². The van der Waals surface area contributed by atoms with Crippen molar-refractivity contribution in [2.75, 3.05) is 19.0 Å². The van der Waals surface area contributed by atoms with E-state index in [4.69, 9.17) is 9.47 Å². The number of nitriles is 1. The summed E-state index contributed by atoms with van der Waals surface area (Å²) in [4.78, 5) is 0. The molecule has 0 atom stereocenters. The van der Waals surface area contributed by atoms with Crippen molar-refractivity contribution in [1.82, 2.24) is 10.2 Å². The number of nitrogens with zero attached hydrogens (tertiary/aromatic N) is 3. The van der Waals surface area contributed by atoms with Crippen molar-refractivity contribution in [3.63, 3.8) is 0 Å². The van der Waals surface area contributed by atoms with E-state index in [0.717, 1.165) is 11.3 Å². The van der Waals surface area contributed by atoms with Crippen LogP contribution in [-0.4, -0.2) is 30.1 Å². The van der Waals surface area contributed by atoms with Gasteiger partial charge in [-0.1, -0.05) is 13.8 Å². The van der Waals surface area contributed by atoms with Gasteiger partial charge < -0.3 is 14.8 Å². The second kappa shape index (κ2) is 8.58. The molecule has 0 aliphatic carbocycles. The molecule has 1 aromatic heterocycles. The zero-order valence-corrected chi connectivity index (χ0v) is 15.1. The molecule has 0 spiro atoms. The molecule has 2 aromatic rings. The average Bonchev–Trinajstić information content (AvgIpc) is 2.65. The van der Waals surface area contributed by atoms with Crippen LogP contribution in [0.2, 0.25) is 0 Å². The maximum absolute atomic E-state index is 12.4. The van der Waals surface area contributed by atoms with Crippen LogP contribution in [0.5, 0.6) is 11.5 Å². The summed E-state index contributed by atoms with van der Waals surface area (Å²) in [5.74, 6) is 0.317. The summed E-state index contributed by atoms with van der Waals surface area (Å²) < 4.78 is 47.2. The number of nitrogens with one attached hydrogen (secondary N) is 1. The summed E-state index contributed by atoms with van der Waals surface area (Å²) in [6.45, 7) is 2.39. The zero-order valence-electron chi connectivity index (χ0n) is 15.1. The first kappa shape index (κ1) is 20.3. The van der Waals surface area contributed by atoms with Gasteiger partial charge in [0.25, 0.3) is 0 Å². The van der Waals surface area contributed by atoms with Crippen molar-refractivity contribution in [2.45, 2.75) is 32.9 Å². The summed E-state index contributed by atoms with van der Waals surface area (Å²) in [6, 6.07) is 6.53. The number of anilines is 2. The van der Waals surface area contributed by atoms with Crippen LogP contribution in [0.15, 0.2) is 18.2 Å². The third-order valence-electron chi connectivity index (χ3n) is 3.78. The van der Waals surface area contributed by atoms with E-state index in [2.05, 4.69) is 21.6 Å². The fraction of sp³-hybridized carbons (Fsp3) is 0.389. The van der Waals surface area contributed by atoms with E-state index in [0.29, 0.717) is 24.1 Å². The second-order valence-corrected chi connectivity index (χ2v) is 5.56. The van der Waals surface area contributed by atoms with E-state index in [1.165, 1.54) is 19.2 Å². The van der Waals surface area contributed by atoms with Gasteiger partial charge in [-0.05, 0) is 30.5 Å². The lowest BCUT2D eigenvalue weighted by molar-refractivity contribution is -0.153. The Morgan fingerprint density at radius 2 is 1.89 bits per heavy atom. The third kappa shape index (κ3) is 5.00. The summed E-state index contributed by atoms with van der Waals surface area (Å²) in [5.41, 5.74) is 2.28. The molecule has 0 aliphatic heterocycles. The minimum atomic E-state index is -4.47. The van der Waals surface area contributed by atoms with Crippen LogP contribution in [0.4, 0.5) is 24.7 Å². The van der Waals surface area contributed by atoms with Crippen LogP contribution < -0.4 is 14.8 Å². The van der Waals surface area contributed by atoms with Crippen molar-refractivity contribution in [3.8, 4) is 17.6 Å². The van der Waals surface area contributed by atoms with Gasteiger partial charge in [0.1, 0.15) is 11.6 Å². The molecule has 0 aliphatic rings. The highest BCUT2D eigenvalue weighted by atomic mass is 19.4. The highest BCUT2D eigenvalue weighted by Crippen LogP contribution is 2.33. The standard InChI is InChI=1S/C18H19F3N4O2/c1-4-12-13(9-22)17(25-24-14(12)5-2)23-11-6-7-15(26-3)16(8-11)27-10-18(19,20)21/h6-8H,4-5,10H2,1-3H3,(H,23,25). The van der Waals surface area contributed by atoms with Crippen LogP contribution in [0, 0.1) is 11.3 Å². The van der Waals surface area contributed by atoms with Crippen molar-refractivity contribution in [2.24, 2.45) is 0 Å². The maximum atomic E-state index is 12.4. The smallest absolute Gasteiger partial charge is 0.422 e. The Morgan fingerprint density at radius 3 is 2.44 bits per heavy atom. The highest BCUT2D eigenvalue weighted by Gasteiger charge is 2.29. The first-order chi connectivity index (χ1) is 12.8. The van der Waals surface area contributed by atoms with E-state index in [1.807, 2.05) is 13.8 Å². The number of ether oxygens (including phenoxy) is 2. The molecule has 0 bridgehead atoms. The predicted octanol–water partition coefficient (Wildman–Crippen LogP) is 4.17. The Morgan fingerprint density at radius 1 is 1.15 bits per heavy atom. The first-order valence-electron chi connectivity index (χ1n) is 8.26. The number of hydrogen-bond acceptors (Lipinski definition) is 6. The number of halogens is 3. The third-order valence-corrected chi connectivity index (χ3v) is 3.78. The Kier molecular flexibility index (Phi) is 6.45. The quantitative estimate of drug-likeness (QED) is 0.777. The Bertz CT molecular complexity index is 848. The molecule has 0 radical (unpaired) electrons. The molecule has 9 heteroatoms. The van der Waals surface area contributed by atoms with Gasteiger partial charge in [0.15, 0.2) is 23.9 Å². The summed E-state index contributed by atoms with van der Waals surface area (Å²) in [5, 5.41) is 20.6. The van der Waals surface area contributed by atoms with Crippen molar-refractivity contribution in [3.05, 3.63) is 35.0 Å². The molecule has 144 valence electrons. The molecular formula is C18H19F3N4O2. The molecule has 0 saturated heterocycles. The first-order valence-corrected chi connectivity index (χ1v) is 8.26. The van der Waals surface area contributed by atoms with Gasteiger partial charge in [-0.3, -0.25) is 0 Å². The van der Waals surface area contributed by atoms with Gasteiger partial charge >= 0.3 is 6.18 Å². The molecular weight excluding hydrogens is 361 g/mol. The number of methoxy groups -OCH3 is 1. The molecule has 0 saturated carbocycles. The van der Waals surface area contributed by atoms with Gasteiger partial charge in [0, 0.05) is 11.8 Å². The highest BCUT2D eigenvalue weighted by molar-refractivity contribution is 5.67. The van der Waals surface area contributed by atoms with Crippen LogP contribution in [0.1, 0.15) is 30.7 Å². The fourth-order valence-corrected chi connectivity index (χ4v) is 2.54. The molecule has 2 rings (SSSR count). The van der Waals surface area contributed by atoms with E-state index < -0.39 is 12.8 Å². The topological polar surface area (TPSA) is 80.1 Å². The summed E-state index contributed by atoms with van der Waals surface area (Å²) in [7, 11) is 1.33. The number of benzene rings is 1. The van der Waals surface area contributed by atoms with E-state index >= 15 is 0 Å². The predicted molar refractivity (Wildman–Crippen MR) is 93.3 cm³/mol. The molecule has 1 N–H and O–H groups in total. The summed E-state index contributed by atoms with van der Waals surface area (Å²) >= 11 is 0. The largest absolute Gasteiger partial charge is 0.493 e. The Balaban J connectivity index is 2.36. The molecule has 1 heterocycles. The molecule has 0 amide bonds. The second-order valence-electron chi connectivity index (χ2n) is 5.56. The van der Waals surface area contributed by atoms with Gasteiger partial charge in [-0.25, -0.2) is 0 Å².